The molecule has 1 aromatic rings. The van der Waals surface area contributed by atoms with Gasteiger partial charge in [0, 0.05) is 5.70 Å². The lowest BCUT2D eigenvalue weighted by Crippen LogP contribution is -2.45. The SMILES string of the molecule is COc1cc(C2NC(=S)NC(C)=C2C(=O)OC(C)(C)C)cc(Br)c1OC. The molecule has 0 aliphatic carbocycles. The van der Waals surface area contributed by atoms with Crippen molar-refractivity contribution in [1.82, 2.24) is 10.6 Å². The second kappa shape index (κ2) is 7.84. The van der Waals surface area contributed by atoms with Crippen molar-refractivity contribution >= 4 is 39.2 Å². The minimum Gasteiger partial charge on any atom is -0.493 e. The molecule has 0 spiro atoms. The summed E-state index contributed by atoms with van der Waals surface area (Å²) in [6.07, 6.45) is 0. The maximum atomic E-state index is 12.8. The van der Waals surface area contributed by atoms with E-state index in [9.17, 15) is 4.79 Å². The van der Waals surface area contributed by atoms with E-state index in [2.05, 4.69) is 26.6 Å². The molecule has 1 aliphatic heterocycles. The molecule has 0 saturated carbocycles. The molecule has 1 heterocycles. The van der Waals surface area contributed by atoms with Crippen molar-refractivity contribution < 1.29 is 19.0 Å². The summed E-state index contributed by atoms with van der Waals surface area (Å²) >= 11 is 8.76. The second-order valence-corrected chi connectivity index (χ2v) is 8.07. The van der Waals surface area contributed by atoms with E-state index in [0.29, 0.717) is 32.4 Å². The lowest BCUT2D eigenvalue weighted by atomic mass is 9.95. The summed E-state index contributed by atoms with van der Waals surface area (Å²) in [5, 5.41) is 6.57. The van der Waals surface area contributed by atoms with Gasteiger partial charge in [-0.3, -0.25) is 0 Å². The second-order valence-electron chi connectivity index (χ2n) is 6.81. The van der Waals surface area contributed by atoms with Crippen molar-refractivity contribution in [1.29, 1.82) is 0 Å². The number of carbonyl (C=O) groups excluding carboxylic acids is 1. The number of rotatable bonds is 4. The third-order valence-corrected chi connectivity index (χ3v) is 4.49. The number of esters is 1. The first-order valence-electron chi connectivity index (χ1n) is 8.00. The van der Waals surface area contributed by atoms with E-state index in [1.165, 1.54) is 0 Å². The normalized spacial score (nSPS) is 17.3. The molecular formula is C18H23BrN2O4S. The van der Waals surface area contributed by atoms with Crippen LogP contribution in [0.25, 0.3) is 0 Å². The van der Waals surface area contributed by atoms with Gasteiger partial charge in [0.05, 0.1) is 30.3 Å². The van der Waals surface area contributed by atoms with Crippen LogP contribution < -0.4 is 20.1 Å². The van der Waals surface area contributed by atoms with Gasteiger partial charge in [-0.15, -0.1) is 0 Å². The van der Waals surface area contributed by atoms with Crippen LogP contribution in [0.1, 0.15) is 39.3 Å². The fourth-order valence-electron chi connectivity index (χ4n) is 2.65. The first-order chi connectivity index (χ1) is 12.1. The molecule has 0 bridgehead atoms. The number of methoxy groups -OCH3 is 2. The Hall–Kier alpha value is -1.80. The van der Waals surface area contributed by atoms with E-state index in [-0.39, 0.29) is 0 Å². The molecule has 2 rings (SSSR count). The number of nitrogens with one attached hydrogen (secondary N) is 2. The van der Waals surface area contributed by atoms with E-state index < -0.39 is 17.6 Å². The Morgan fingerprint density at radius 1 is 1.23 bits per heavy atom. The van der Waals surface area contributed by atoms with Gasteiger partial charge in [0.1, 0.15) is 5.60 Å². The molecule has 1 aliphatic rings. The number of thiocarbonyl (C=S) groups is 1. The first-order valence-corrected chi connectivity index (χ1v) is 9.20. The Labute approximate surface area is 167 Å². The molecule has 0 fully saturated rings. The lowest BCUT2D eigenvalue weighted by Gasteiger charge is -2.32. The fourth-order valence-corrected chi connectivity index (χ4v) is 3.54. The monoisotopic (exact) mass is 442 g/mol. The molecule has 6 nitrogen and oxygen atoms in total. The summed E-state index contributed by atoms with van der Waals surface area (Å²) in [5.74, 6) is 0.713. The Kier molecular flexibility index (Phi) is 6.18. The smallest absolute Gasteiger partial charge is 0.338 e. The molecule has 0 amide bonds. The van der Waals surface area contributed by atoms with Crippen LogP contribution in [0.4, 0.5) is 0 Å². The van der Waals surface area contributed by atoms with Crippen molar-refractivity contribution in [3.63, 3.8) is 0 Å². The molecule has 2 N–H and O–H groups in total. The van der Waals surface area contributed by atoms with E-state index in [4.69, 9.17) is 26.4 Å². The van der Waals surface area contributed by atoms with Crippen LogP contribution in [0.3, 0.4) is 0 Å². The number of hydrogen-bond acceptors (Lipinski definition) is 5. The quantitative estimate of drug-likeness (QED) is 0.545. The van der Waals surface area contributed by atoms with Gasteiger partial charge >= 0.3 is 5.97 Å². The predicted octanol–water partition coefficient (Wildman–Crippen LogP) is 3.60. The van der Waals surface area contributed by atoms with Gasteiger partial charge in [0.15, 0.2) is 16.6 Å². The molecule has 0 radical (unpaired) electrons. The van der Waals surface area contributed by atoms with Crippen LogP contribution in [-0.4, -0.2) is 30.9 Å². The van der Waals surface area contributed by atoms with Crippen molar-refractivity contribution in [3.05, 3.63) is 33.4 Å². The number of benzene rings is 1. The zero-order valence-corrected chi connectivity index (χ0v) is 18.1. The van der Waals surface area contributed by atoms with Gasteiger partial charge in [-0.05, 0) is 73.5 Å². The molecule has 1 aromatic carbocycles. The minimum absolute atomic E-state index is 0.409. The van der Waals surface area contributed by atoms with E-state index in [1.54, 1.807) is 21.1 Å². The van der Waals surface area contributed by atoms with Gasteiger partial charge in [-0.25, -0.2) is 4.79 Å². The number of halogens is 1. The zero-order chi connectivity index (χ0) is 19.6. The number of carbonyl (C=O) groups is 1. The Balaban J connectivity index is 2.54. The predicted molar refractivity (Wildman–Crippen MR) is 107 cm³/mol. The van der Waals surface area contributed by atoms with Gasteiger partial charge < -0.3 is 24.8 Å². The number of allylic oxidation sites excluding steroid dienone is 1. The summed E-state index contributed by atoms with van der Waals surface area (Å²) < 4.78 is 17.1. The fraction of sp³-hybridized carbons (Fsp3) is 0.444. The topological polar surface area (TPSA) is 68.8 Å². The van der Waals surface area contributed by atoms with Crippen molar-refractivity contribution in [2.45, 2.75) is 39.3 Å². The van der Waals surface area contributed by atoms with E-state index in [0.717, 1.165) is 5.56 Å². The molecular weight excluding hydrogens is 420 g/mol. The standard InChI is InChI=1S/C18H23BrN2O4S/c1-9-13(16(22)25-18(2,3)4)14(21-17(26)20-9)10-7-11(19)15(24-6)12(8-10)23-5/h7-8,14H,1-6H3,(H2,20,21,26). The molecule has 142 valence electrons. The average Bonchev–Trinajstić information content (AvgIpc) is 2.51. The molecule has 26 heavy (non-hydrogen) atoms. The van der Waals surface area contributed by atoms with Crippen molar-refractivity contribution in [2.75, 3.05) is 14.2 Å². The highest BCUT2D eigenvalue weighted by Crippen LogP contribution is 2.40. The van der Waals surface area contributed by atoms with Crippen LogP contribution in [-0.2, 0) is 9.53 Å². The van der Waals surface area contributed by atoms with Gasteiger partial charge in [-0.1, -0.05) is 0 Å². The minimum atomic E-state index is -0.606. The third kappa shape index (κ3) is 4.48. The molecule has 8 heteroatoms. The van der Waals surface area contributed by atoms with Gasteiger partial charge in [-0.2, -0.15) is 0 Å². The number of hydrogen-bond donors (Lipinski definition) is 2. The van der Waals surface area contributed by atoms with Crippen LogP contribution in [0, 0.1) is 0 Å². The van der Waals surface area contributed by atoms with Crippen LogP contribution in [0.5, 0.6) is 11.5 Å². The molecule has 1 atom stereocenters. The Morgan fingerprint density at radius 2 is 1.88 bits per heavy atom. The molecule has 1 unspecified atom stereocenters. The maximum Gasteiger partial charge on any atom is 0.338 e. The summed E-state index contributed by atoms with van der Waals surface area (Å²) in [6.45, 7) is 7.29. The summed E-state index contributed by atoms with van der Waals surface area (Å²) in [4.78, 5) is 12.8. The average molecular weight is 443 g/mol. The van der Waals surface area contributed by atoms with Crippen LogP contribution in [0.2, 0.25) is 0 Å². The molecule has 0 saturated heterocycles. The van der Waals surface area contributed by atoms with Crippen molar-refractivity contribution in [3.8, 4) is 11.5 Å². The maximum absolute atomic E-state index is 12.8. The lowest BCUT2D eigenvalue weighted by molar-refractivity contribution is -0.150. The highest BCUT2D eigenvalue weighted by Gasteiger charge is 2.33. The summed E-state index contributed by atoms with van der Waals surface area (Å²) in [7, 11) is 3.13. The van der Waals surface area contributed by atoms with Crippen LogP contribution in [0.15, 0.2) is 27.9 Å². The van der Waals surface area contributed by atoms with Crippen molar-refractivity contribution in [2.24, 2.45) is 0 Å². The summed E-state index contributed by atoms with van der Waals surface area (Å²) in [5.41, 5.74) is 1.30. The zero-order valence-electron chi connectivity index (χ0n) is 15.7. The van der Waals surface area contributed by atoms with Gasteiger partial charge in [0.2, 0.25) is 0 Å². The largest absolute Gasteiger partial charge is 0.493 e. The third-order valence-electron chi connectivity index (χ3n) is 3.68. The first kappa shape index (κ1) is 20.5. The highest BCUT2D eigenvalue weighted by molar-refractivity contribution is 9.10. The summed E-state index contributed by atoms with van der Waals surface area (Å²) in [6, 6.07) is 3.20. The molecule has 0 aromatic heterocycles. The van der Waals surface area contributed by atoms with E-state index >= 15 is 0 Å². The number of ether oxygens (including phenoxy) is 3. The van der Waals surface area contributed by atoms with Crippen LogP contribution >= 0.6 is 28.1 Å². The van der Waals surface area contributed by atoms with Gasteiger partial charge in [0.25, 0.3) is 0 Å². The Bertz CT molecular complexity index is 771. The van der Waals surface area contributed by atoms with E-state index in [1.807, 2.05) is 32.9 Å². The highest BCUT2D eigenvalue weighted by atomic mass is 79.9. The Morgan fingerprint density at radius 3 is 2.42 bits per heavy atom.